The summed E-state index contributed by atoms with van der Waals surface area (Å²) in [5.41, 5.74) is -1.21. The molecule has 0 saturated carbocycles. The third-order valence-electron chi connectivity index (χ3n) is 7.03. The van der Waals surface area contributed by atoms with Gasteiger partial charge in [-0.1, -0.05) is 0 Å². The molecule has 1 atom stereocenters. The largest absolute Gasteiger partial charge is 0.417 e. The average Bonchev–Trinajstić information content (AvgIpc) is 3.46. The van der Waals surface area contributed by atoms with E-state index in [9.17, 15) is 22.8 Å². The highest BCUT2D eigenvalue weighted by molar-refractivity contribution is 5.88. The second kappa shape index (κ2) is 9.24. The second-order valence-electron chi connectivity index (χ2n) is 9.50. The fraction of sp³-hybridized carbons (Fsp3) is 0.500. The molecular formula is C24H27F3N6O2. The molecule has 0 N–H and O–H groups in total. The first-order chi connectivity index (χ1) is 16.5. The van der Waals surface area contributed by atoms with Crippen molar-refractivity contribution < 1.29 is 22.8 Å². The van der Waals surface area contributed by atoms with E-state index in [1.165, 1.54) is 15.6 Å². The number of likely N-dealkylation sites (N-methyl/N-ethyl adjacent to an activating group) is 1. The number of alkyl halides is 3. The van der Waals surface area contributed by atoms with Crippen LogP contribution in [0.2, 0.25) is 0 Å². The Morgan fingerprint density at radius 1 is 1.26 bits per heavy atom. The van der Waals surface area contributed by atoms with Crippen molar-refractivity contribution in [2.24, 2.45) is 5.41 Å². The van der Waals surface area contributed by atoms with Crippen LogP contribution < -0.4 is 4.90 Å². The zero-order valence-corrected chi connectivity index (χ0v) is 19.6. The van der Waals surface area contributed by atoms with Crippen molar-refractivity contribution in [3.63, 3.8) is 0 Å². The maximum Gasteiger partial charge on any atom is 0.417 e. The number of anilines is 1. The normalized spacial score (nSPS) is 19.6. The molecular weight excluding hydrogens is 461 g/mol. The zero-order valence-electron chi connectivity index (χ0n) is 19.6. The number of piperidine rings is 1. The van der Waals surface area contributed by atoms with E-state index in [0.29, 0.717) is 44.6 Å². The van der Waals surface area contributed by atoms with E-state index in [1.54, 1.807) is 49.6 Å². The number of nitrogens with zero attached hydrogens (tertiary/aromatic N) is 6. The first-order valence-corrected chi connectivity index (χ1v) is 11.4. The Balaban J connectivity index is 1.51. The number of aromatic nitrogens is 2. The third kappa shape index (κ3) is 4.97. The second-order valence-corrected chi connectivity index (χ2v) is 9.50. The molecule has 1 spiro atoms. The Bertz CT molecular complexity index is 1130. The summed E-state index contributed by atoms with van der Waals surface area (Å²) in [4.78, 5) is 31.0. The van der Waals surface area contributed by atoms with Gasteiger partial charge in [0, 0.05) is 51.8 Å². The fourth-order valence-corrected chi connectivity index (χ4v) is 5.12. The first kappa shape index (κ1) is 24.6. The number of amides is 2. The summed E-state index contributed by atoms with van der Waals surface area (Å²) in [7, 11) is 3.32. The predicted octanol–water partition coefficient (Wildman–Crippen LogP) is 2.75. The van der Waals surface area contributed by atoms with E-state index in [4.69, 9.17) is 5.26 Å². The summed E-state index contributed by atoms with van der Waals surface area (Å²) in [6.45, 7) is 1.45. The van der Waals surface area contributed by atoms with Crippen LogP contribution in [0.4, 0.5) is 18.9 Å². The molecule has 2 aliphatic heterocycles. The van der Waals surface area contributed by atoms with Crippen LogP contribution in [0, 0.1) is 16.7 Å². The van der Waals surface area contributed by atoms with Gasteiger partial charge in [0.15, 0.2) is 0 Å². The van der Waals surface area contributed by atoms with Gasteiger partial charge in [-0.25, -0.2) is 0 Å². The molecule has 186 valence electrons. The summed E-state index contributed by atoms with van der Waals surface area (Å²) >= 11 is 0. The lowest BCUT2D eigenvalue weighted by molar-refractivity contribution is -0.142. The molecule has 11 heteroatoms. The number of carbonyl (C=O) groups is 2. The number of nitriles is 1. The summed E-state index contributed by atoms with van der Waals surface area (Å²) < 4.78 is 41.8. The van der Waals surface area contributed by atoms with Crippen molar-refractivity contribution in [3.8, 4) is 6.07 Å². The van der Waals surface area contributed by atoms with Crippen LogP contribution >= 0.6 is 0 Å². The van der Waals surface area contributed by atoms with E-state index in [1.807, 2.05) is 4.90 Å². The van der Waals surface area contributed by atoms with Crippen LogP contribution in [-0.2, 0) is 22.3 Å². The Hall–Kier alpha value is -3.55. The van der Waals surface area contributed by atoms with Crippen molar-refractivity contribution in [2.45, 2.75) is 38.0 Å². The molecule has 2 fully saturated rings. The predicted molar refractivity (Wildman–Crippen MR) is 121 cm³/mol. The molecule has 8 nitrogen and oxygen atoms in total. The molecule has 35 heavy (non-hydrogen) atoms. The maximum atomic E-state index is 13.4. The Labute approximate surface area is 201 Å². The highest BCUT2D eigenvalue weighted by atomic mass is 19.4. The van der Waals surface area contributed by atoms with E-state index >= 15 is 0 Å². The Morgan fingerprint density at radius 3 is 2.54 bits per heavy atom. The molecule has 2 aliphatic rings. The molecule has 4 rings (SSSR count). The van der Waals surface area contributed by atoms with Gasteiger partial charge in [-0.2, -0.15) is 23.5 Å². The van der Waals surface area contributed by atoms with Gasteiger partial charge in [-0.15, -0.1) is 0 Å². The molecule has 0 bridgehead atoms. The van der Waals surface area contributed by atoms with Crippen LogP contribution in [0.25, 0.3) is 0 Å². The van der Waals surface area contributed by atoms with Crippen molar-refractivity contribution in [2.75, 3.05) is 38.6 Å². The van der Waals surface area contributed by atoms with Gasteiger partial charge in [0.1, 0.15) is 12.6 Å². The van der Waals surface area contributed by atoms with E-state index in [0.717, 1.165) is 6.07 Å². The van der Waals surface area contributed by atoms with Crippen LogP contribution in [0.1, 0.15) is 30.4 Å². The lowest BCUT2D eigenvalue weighted by Gasteiger charge is -2.40. The number of hydrogen-bond donors (Lipinski definition) is 0. The van der Waals surface area contributed by atoms with Crippen molar-refractivity contribution in [3.05, 3.63) is 47.8 Å². The minimum atomic E-state index is -4.61. The lowest BCUT2D eigenvalue weighted by Crippen LogP contribution is -2.46. The molecule has 0 aliphatic carbocycles. The number of rotatable bonds is 4. The standard InChI is InChI=1S/C24H27F3N6O2/c1-30(2)22(35)20-13-23(16-33(20)21(34)15-32-9-3-8-29-32)6-10-31(11-7-23)18-5-4-17(14-28)19(12-18)24(25,26)27/h3-5,8-9,12,20H,6-7,10-11,13,15-16H2,1-2H3. The topological polar surface area (TPSA) is 85.5 Å². The number of hydrogen-bond acceptors (Lipinski definition) is 5. The average molecular weight is 489 g/mol. The highest BCUT2D eigenvalue weighted by Gasteiger charge is 2.50. The first-order valence-electron chi connectivity index (χ1n) is 11.4. The molecule has 1 aromatic heterocycles. The monoisotopic (exact) mass is 488 g/mol. The number of carbonyl (C=O) groups excluding carboxylic acids is 2. The van der Waals surface area contributed by atoms with Gasteiger partial charge < -0.3 is 14.7 Å². The van der Waals surface area contributed by atoms with Crippen LogP contribution in [0.15, 0.2) is 36.7 Å². The quantitative estimate of drug-likeness (QED) is 0.661. The number of likely N-dealkylation sites (tertiary alicyclic amines) is 1. The molecule has 1 aromatic carbocycles. The van der Waals surface area contributed by atoms with Gasteiger partial charge in [0.2, 0.25) is 11.8 Å². The van der Waals surface area contributed by atoms with Crippen LogP contribution in [0.3, 0.4) is 0 Å². The van der Waals surface area contributed by atoms with Gasteiger partial charge in [-0.05, 0) is 48.9 Å². The molecule has 2 saturated heterocycles. The molecule has 0 radical (unpaired) electrons. The Morgan fingerprint density at radius 2 is 1.97 bits per heavy atom. The molecule has 2 amide bonds. The van der Waals surface area contributed by atoms with E-state index < -0.39 is 23.3 Å². The zero-order chi connectivity index (χ0) is 25.4. The molecule has 2 aromatic rings. The molecule has 1 unspecified atom stereocenters. The molecule has 3 heterocycles. The van der Waals surface area contributed by atoms with Crippen molar-refractivity contribution >= 4 is 17.5 Å². The highest BCUT2D eigenvalue weighted by Crippen LogP contribution is 2.45. The summed E-state index contributed by atoms with van der Waals surface area (Å²) in [5, 5.41) is 13.1. The minimum absolute atomic E-state index is 0.0396. The fourth-order valence-electron chi connectivity index (χ4n) is 5.12. The van der Waals surface area contributed by atoms with Gasteiger partial charge in [0.05, 0.1) is 17.2 Å². The van der Waals surface area contributed by atoms with E-state index in [-0.39, 0.29) is 23.8 Å². The van der Waals surface area contributed by atoms with Crippen molar-refractivity contribution in [1.29, 1.82) is 5.26 Å². The van der Waals surface area contributed by atoms with Gasteiger partial charge >= 0.3 is 6.18 Å². The van der Waals surface area contributed by atoms with E-state index in [2.05, 4.69) is 5.10 Å². The van der Waals surface area contributed by atoms with Crippen LogP contribution in [0.5, 0.6) is 0 Å². The lowest BCUT2D eigenvalue weighted by atomic mass is 9.76. The number of halogens is 3. The SMILES string of the molecule is CN(C)C(=O)C1CC2(CCN(c3ccc(C#N)c(C(F)(F)F)c3)CC2)CN1C(=O)Cn1cccn1. The van der Waals surface area contributed by atoms with Gasteiger partial charge in [-0.3, -0.25) is 14.3 Å². The van der Waals surface area contributed by atoms with Gasteiger partial charge in [0.25, 0.3) is 0 Å². The third-order valence-corrected chi connectivity index (χ3v) is 7.03. The maximum absolute atomic E-state index is 13.4. The minimum Gasteiger partial charge on any atom is -0.371 e. The van der Waals surface area contributed by atoms with Crippen LogP contribution in [-0.4, -0.2) is 71.2 Å². The smallest absolute Gasteiger partial charge is 0.371 e. The number of benzene rings is 1. The summed E-state index contributed by atoms with van der Waals surface area (Å²) in [5.74, 6) is -0.324. The van der Waals surface area contributed by atoms with Crippen molar-refractivity contribution in [1.82, 2.24) is 19.6 Å². The Kier molecular flexibility index (Phi) is 6.49. The summed E-state index contributed by atoms with van der Waals surface area (Å²) in [6.07, 6.45) is 0.457. The summed E-state index contributed by atoms with van der Waals surface area (Å²) in [6, 6.07) is 6.54.